The lowest BCUT2D eigenvalue weighted by atomic mass is 10.1. The molecule has 2 N–H and O–H groups in total. The number of nitrogens with one attached hydrogen (secondary N) is 2. The van der Waals surface area contributed by atoms with Gasteiger partial charge in [-0.1, -0.05) is 29.3 Å². The molecule has 2 amide bonds. The maximum Gasteiger partial charge on any atom is 0.275 e. The Labute approximate surface area is 137 Å². The van der Waals surface area contributed by atoms with Crippen LogP contribution in [0.25, 0.3) is 0 Å². The van der Waals surface area contributed by atoms with Gasteiger partial charge in [0.15, 0.2) is 0 Å². The van der Waals surface area contributed by atoms with Crippen molar-refractivity contribution in [3.8, 4) is 0 Å². The molecule has 0 bridgehead atoms. The molecule has 0 unspecified atom stereocenters. The highest BCUT2D eigenvalue weighted by Crippen LogP contribution is 2.25. The minimum atomic E-state index is -0.476. The van der Waals surface area contributed by atoms with Gasteiger partial charge in [0.2, 0.25) is 5.91 Å². The van der Waals surface area contributed by atoms with Gasteiger partial charge in [-0.3, -0.25) is 9.59 Å². The maximum absolute atomic E-state index is 12.3. The van der Waals surface area contributed by atoms with E-state index >= 15 is 0 Å². The van der Waals surface area contributed by atoms with Crippen LogP contribution in [-0.2, 0) is 4.79 Å². The lowest BCUT2D eigenvalue weighted by Crippen LogP contribution is -2.16. The van der Waals surface area contributed by atoms with E-state index in [1.54, 1.807) is 25.1 Å². The summed E-state index contributed by atoms with van der Waals surface area (Å²) >= 11 is 11.7. The number of carbonyl (C=O) groups excluding carboxylic acids is 2. The Balaban J connectivity index is 2.29. The van der Waals surface area contributed by atoms with Gasteiger partial charge < -0.3 is 10.6 Å². The number of pyridine rings is 1. The van der Waals surface area contributed by atoms with Crippen LogP contribution in [0.15, 0.2) is 30.3 Å². The molecular formula is C15H13Cl2N3O2. The van der Waals surface area contributed by atoms with E-state index in [2.05, 4.69) is 15.6 Å². The number of rotatable bonds is 3. The molecule has 0 aliphatic carbocycles. The summed E-state index contributed by atoms with van der Waals surface area (Å²) in [5, 5.41) is 5.79. The second-order valence-electron chi connectivity index (χ2n) is 4.58. The number of amides is 2. The smallest absolute Gasteiger partial charge is 0.275 e. The van der Waals surface area contributed by atoms with Crippen molar-refractivity contribution in [2.24, 2.45) is 0 Å². The van der Waals surface area contributed by atoms with Gasteiger partial charge >= 0.3 is 0 Å². The van der Waals surface area contributed by atoms with Crippen molar-refractivity contribution in [2.45, 2.75) is 13.8 Å². The lowest BCUT2D eigenvalue weighted by molar-refractivity contribution is -0.114. The predicted octanol–water partition coefficient (Wildman–Crippen LogP) is 3.91. The first-order valence-corrected chi connectivity index (χ1v) is 7.14. The van der Waals surface area contributed by atoms with Crippen molar-refractivity contribution < 1.29 is 9.59 Å². The molecule has 0 aliphatic heterocycles. The highest BCUT2D eigenvalue weighted by Gasteiger charge is 2.15. The molecule has 22 heavy (non-hydrogen) atoms. The van der Waals surface area contributed by atoms with Gasteiger partial charge in [-0.25, -0.2) is 4.98 Å². The first-order chi connectivity index (χ1) is 10.4. The van der Waals surface area contributed by atoms with Crippen molar-refractivity contribution in [3.63, 3.8) is 0 Å². The maximum atomic E-state index is 12.3. The Kier molecular flexibility index (Phi) is 5.00. The van der Waals surface area contributed by atoms with Crippen LogP contribution in [-0.4, -0.2) is 16.8 Å². The van der Waals surface area contributed by atoms with Crippen molar-refractivity contribution in [3.05, 3.63) is 51.8 Å². The largest absolute Gasteiger partial charge is 0.326 e. The summed E-state index contributed by atoms with van der Waals surface area (Å²) in [5.74, 6) is -0.665. The molecule has 0 aliphatic rings. The van der Waals surface area contributed by atoms with E-state index in [9.17, 15) is 9.59 Å². The normalized spacial score (nSPS) is 10.2. The number of nitrogens with zero attached hydrogens (tertiary/aromatic N) is 1. The number of benzene rings is 1. The highest BCUT2D eigenvalue weighted by atomic mass is 35.5. The van der Waals surface area contributed by atoms with E-state index in [-0.39, 0.29) is 21.8 Å². The van der Waals surface area contributed by atoms with Gasteiger partial charge in [0, 0.05) is 18.3 Å². The lowest BCUT2D eigenvalue weighted by Gasteiger charge is -2.13. The summed E-state index contributed by atoms with van der Waals surface area (Å²) in [4.78, 5) is 27.4. The average molecular weight is 338 g/mol. The number of anilines is 2. The van der Waals surface area contributed by atoms with Crippen molar-refractivity contribution in [1.29, 1.82) is 0 Å². The molecule has 1 heterocycles. The number of aromatic nitrogens is 1. The minimum Gasteiger partial charge on any atom is -0.326 e. The van der Waals surface area contributed by atoms with Crippen molar-refractivity contribution in [1.82, 2.24) is 4.98 Å². The first-order valence-electron chi connectivity index (χ1n) is 6.39. The predicted molar refractivity (Wildman–Crippen MR) is 87.7 cm³/mol. The molecule has 0 radical (unpaired) electrons. The topological polar surface area (TPSA) is 71.1 Å². The fourth-order valence-electron chi connectivity index (χ4n) is 1.86. The van der Waals surface area contributed by atoms with Crippen LogP contribution in [0.3, 0.4) is 0 Å². The third-order valence-electron chi connectivity index (χ3n) is 2.92. The molecule has 5 nitrogen and oxygen atoms in total. The van der Waals surface area contributed by atoms with Gasteiger partial charge in [0.05, 0.1) is 5.02 Å². The molecule has 0 saturated carbocycles. The van der Waals surface area contributed by atoms with Crippen LogP contribution in [0.4, 0.5) is 11.4 Å². The van der Waals surface area contributed by atoms with Gasteiger partial charge in [-0.2, -0.15) is 0 Å². The van der Waals surface area contributed by atoms with Crippen molar-refractivity contribution >= 4 is 46.4 Å². The molecule has 2 rings (SSSR count). The Hall–Kier alpha value is -2.11. The molecule has 2 aromatic rings. The molecule has 0 saturated heterocycles. The van der Waals surface area contributed by atoms with Crippen LogP contribution >= 0.6 is 23.2 Å². The minimum absolute atomic E-state index is 0.0403. The Morgan fingerprint density at radius 3 is 2.32 bits per heavy atom. The SMILES string of the molecule is CC(=O)Nc1cccc(NC(=O)c2nc(Cl)ccc2Cl)c1C. The average Bonchev–Trinajstić information content (AvgIpc) is 2.45. The summed E-state index contributed by atoms with van der Waals surface area (Å²) in [6, 6.07) is 8.20. The molecule has 7 heteroatoms. The zero-order valence-electron chi connectivity index (χ0n) is 11.9. The molecule has 0 fully saturated rings. The van der Waals surface area contributed by atoms with E-state index in [1.165, 1.54) is 19.1 Å². The zero-order valence-corrected chi connectivity index (χ0v) is 13.4. The van der Waals surface area contributed by atoms with Crippen LogP contribution < -0.4 is 10.6 Å². The van der Waals surface area contributed by atoms with Gasteiger partial charge in [0.1, 0.15) is 10.8 Å². The van der Waals surface area contributed by atoms with Crippen LogP contribution in [0.5, 0.6) is 0 Å². The zero-order chi connectivity index (χ0) is 16.3. The third-order valence-corrected chi connectivity index (χ3v) is 3.44. The standard InChI is InChI=1S/C15H13Cl2N3O2/c1-8-11(18-9(2)21)4-3-5-12(8)19-15(22)14-10(16)6-7-13(17)20-14/h3-7H,1-2H3,(H,18,21)(H,19,22). The van der Waals surface area contributed by atoms with Crippen LogP contribution in [0.2, 0.25) is 10.2 Å². The first kappa shape index (κ1) is 16.3. The summed E-state index contributed by atoms with van der Waals surface area (Å²) in [5.41, 5.74) is 1.94. The second-order valence-corrected chi connectivity index (χ2v) is 5.37. The van der Waals surface area contributed by atoms with Gasteiger partial charge in [-0.05, 0) is 36.8 Å². The Morgan fingerprint density at radius 2 is 1.68 bits per heavy atom. The van der Waals surface area contributed by atoms with Crippen LogP contribution in [0, 0.1) is 6.92 Å². The molecule has 0 spiro atoms. The number of hydrogen-bond donors (Lipinski definition) is 2. The van der Waals surface area contributed by atoms with Gasteiger partial charge in [-0.15, -0.1) is 0 Å². The quantitative estimate of drug-likeness (QED) is 0.834. The second kappa shape index (κ2) is 6.77. The van der Waals surface area contributed by atoms with Crippen molar-refractivity contribution in [2.75, 3.05) is 10.6 Å². The van der Waals surface area contributed by atoms with E-state index < -0.39 is 5.91 Å². The molecule has 114 valence electrons. The number of hydrogen-bond acceptors (Lipinski definition) is 3. The van der Waals surface area contributed by atoms with Crippen LogP contribution in [0.1, 0.15) is 23.0 Å². The number of carbonyl (C=O) groups is 2. The highest BCUT2D eigenvalue weighted by molar-refractivity contribution is 6.35. The van der Waals surface area contributed by atoms with Gasteiger partial charge in [0.25, 0.3) is 5.91 Å². The van der Waals surface area contributed by atoms with E-state index in [0.717, 1.165) is 5.56 Å². The Morgan fingerprint density at radius 1 is 1.05 bits per heavy atom. The molecule has 0 atom stereocenters. The number of halogens is 2. The van der Waals surface area contributed by atoms with E-state index in [0.29, 0.717) is 11.4 Å². The van der Waals surface area contributed by atoms with E-state index in [4.69, 9.17) is 23.2 Å². The monoisotopic (exact) mass is 337 g/mol. The Bertz CT molecular complexity index is 748. The molecule has 1 aromatic carbocycles. The summed E-state index contributed by atoms with van der Waals surface area (Å²) in [6.07, 6.45) is 0. The molecule has 1 aromatic heterocycles. The summed E-state index contributed by atoms with van der Waals surface area (Å²) < 4.78 is 0. The fraction of sp³-hybridized carbons (Fsp3) is 0.133. The van der Waals surface area contributed by atoms with E-state index in [1.807, 2.05) is 0 Å². The molecular weight excluding hydrogens is 325 g/mol. The summed E-state index contributed by atoms with van der Waals surface area (Å²) in [6.45, 7) is 3.20. The summed E-state index contributed by atoms with van der Waals surface area (Å²) in [7, 11) is 0. The fourth-order valence-corrected chi connectivity index (χ4v) is 2.19. The third kappa shape index (κ3) is 3.75.